The lowest BCUT2D eigenvalue weighted by Crippen LogP contribution is -2.28. The lowest BCUT2D eigenvalue weighted by molar-refractivity contribution is -0.161. The third kappa shape index (κ3) is 8.44. The predicted octanol–water partition coefficient (Wildman–Crippen LogP) is 2.41. The number of ether oxygens (including phenoxy) is 3. The number of hydrogen-bond donors (Lipinski definition) is 0. The monoisotopic (exact) mass is 314 g/mol. The molecule has 0 amide bonds. The molecule has 0 aliphatic rings. The summed E-state index contributed by atoms with van der Waals surface area (Å²) < 4.78 is 14.9. The Kier molecular flexibility index (Phi) is 10.8. The maximum atomic E-state index is 11.8. The molecule has 0 aromatic carbocycles. The highest BCUT2D eigenvalue weighted by molar-refractivity contribution is 5.94. The topological polar surface area (TPSA) is 78.9 Å². The van der Waals surface area contributed by atoms with Crippen LogP contribution in [0.25, 0.3) is 0 Å². The van der Waals surface area contributed by atoms with Crippen molar-refractivity contribution in [2.45, 2.75) is 53.1 Å². The minimum Gasteiger partial charge on any atom is -0.465 e. The molecule has 0 heterocycles. The normalized spacial score (nSPS) is 12.2. The van der Waals surface area contributed by atoms with Crippen molar-refractivity contribution in [1.82, 2.24) is 0 Å². The quantitative estimate of drug-likeness (QED) is 0.267. The SMILES string of the molecule is CCOC(=O)C(CC/C=C/[C@@H](CC)OC(C)=O)C(=O)OCC. The fourth-order valence-corrected chi connectivity index (χ4v) is 1.80. The van der Waals surface area contributed by atoms with Gasteiger partial charge >= 0.3 is 17.9 Å². The lowest BCUT2D eigenvalue weighted by Gasteiger charge is -2.13. The van der Waals surface area contributed by atoms with Gasteiger partial charge in [-0.1, -0.05) is 13.0 Å². The highest BCUT2D eigenvalue weighted by atomic mass is 16.6. The van der Waals surface area contributed by atoms with E-state index in [1.807, 2.05) is 6.92 Å². The lowest BCUT2D eigenvalue weighted by atomic mass is 10.0. The first kappa shape index (κ1) is 20.1. The zero-order valence-corrected chi connectivity index (χ0v) is 13.8. The molecule has 0 fully saturated rings. The average Bonchev–Trinajstić information content (AvgIpc) is 2.45. The van der Waals surface area contributed by atoms with Crippen LogP contribution in [-0.4, -0.2) is 37.2 Å². The smallest absolute Gasteiger partial charge is 0.320 e. The van der Waals surface area contributed by atoms with Crippen molar-refractivity contribution in [3.05, 3.63) is 12.2 Å². The van der Waals surface area contributed by atoms with E-state index in [-0.39, 0.29) is 25.3 Å². The van der Waals surface area contributed by atoms with Gasteiger partial charge in [0, 0.05) is 6.92 Å². The van der Waals surface area contributed by atoms with Gasteiger partial charge < -0.3 is 14.2 Å². The second-order valence-corrected chi connectivity index (χ2v) is 4.62. The first-order valence-corrected chi connectivity index (χ1v) is 7.63. The molecular formula is C16H26O6. The van der Waals surface area contributed by atoms with Gasteiger partial charge in [0.05, 0.1) is 13.2 Å². The van der Waals surface area contributed by atoms with E-state index in [4.69, 9.17) is 14.2 Å². The van der Waals surface area contributed by atoms with Crippen molar-refractivity contribution in [3.63, 3.8) is 0 Å². The fraction of sp³-hybridized carbons (Fsp3) is 0.688. The van der Waals surface area contributed by atoms with E-state index in [0.29, 0.717) is 19.3 Å². The van der Waals surface area contributed by atoms with Gasteiger partial charge in [0.1, 0.15) is 6.10 Å². The summed E-state index contributed by atoms with van der Waals surface area (Å²) >= 11 is 0. The van der Waals surface area contributed by atoms with Crippen molar-refractivity contribution in [2.24, 2.45) is 5.92 Å². The first-order valence-electron chi connectivity index (χ1n) is 7.63. The molecule has 0 saturated heterocycles. The highest BCUT2D eigenvalue weighted by Gasteiger charge is 2.28. The second-order valence-electron chi connectivity index (χ2n) is 4.62. The minimum atomic E-state index is -0.918. The molecule has 0 saturated carbocycles. The Labute approximate surface area is 131 Å². The van der Waals surface area contributed by atoms with Gasteiger partial charge in [-0.05, 0) is 39.2 Å². The molecule has 0 aliphatic carbocycles. The summed E-state index contributed by atoms with van der Waals surface area (Å²) in [6.45, 7) is 7.06. The Morgan fingerprint density at radius 2 is 1.55 bits per heavy atom. The van der Waals surface area contributed by atoms with Gasteiger partial charge in [-0.2, -0.15) is 0 Å². The molecule has 6 nitrogen and oxygen atoms in total. The summed E-state index contributed by atoms with van der Waals surface area (Å²) in [4.78, 5) is 34.4. The molecule has 0 N–H and O–H groups in total. The standard InChI is InChI=1S/C16H26O6/c1-5-13(22-12(4)17)10-8-9-11-14(15(18)20-6-2)16(19)21-7-3/h8,10,13-14H,5-7,9,11H2,1-4H3/b10-8+/t13-/m1/s1. The summed E-state index contributed by atoms with van der Waals surface area (Å²) in [5.74, 6) is -2.39. The molecule has 0 spiro atoms. The molecule has 126 valence electrons. The van der Waals surface area contributed by atoms with Crippen LogP contribution in [0.2, 0.25) is 0 Å². The van der Waals surface area contributed by atoms with E-state index in [1.165, 1.54) is 6.92 Å². The third-order valence-electron chi connectivity index (χ3n) is 2.83. The molecule has 6 heteroatoms. The largest absolute Gasteiger partial charge is 0.465 e. The number of esters is 3. The average molecular weight is 314 g/mol. The first-order chi connectivity index (χ1) is 10.5. The van der Waals surface area contributed by atoms with Crippen LogP contribution >= 0.6 is 0 Å². The van der Waals surface area contributed by atoms with Gasteiger partial charge in [-0.15, -0.1) is 0 Å². The van der Waals surface area contributed by atoms with E-state index in [9.17, 15) is 14.4 Å². The Hall–Kier alpha value is -1.85. The molecule has 0 unspecified atom stereocenters. The van der Waals surface area contributed by atoms with Crippen LogP contribution in [0, 0.1) is 5.92 Å². The number of carbonyl (C=O) groups is 3. The van der Waals surface area contributed by atoms with Crippen molar-refractivity contribution in [1.29, 1.82) is 0 Å². The van der Waals surface area contributed by atoms with E-state index in [0.717, 1.165) is 0 Å². The van der Waals surface area contributed by atoms with Crippen molar-refractivity contribution >= 4 is 17.9 Å². The van der Waals surface area contributed by atoms with Gasteiger partial charge in [-0.3, -0.25) is 14.4 Å². The van der Waals surface area contributed by atoms with Crippen molar-refractivity contribution in [2.75, 3.05) is 13.2 Å². The van der Waals surface area contributed by atoms with E-state index >= 15 is 0 Å². The summed E-state index contributed by atoms with van der Waals surface area (Å²) in [5, 5.41) is 0. The Morgan fingerprint density at radius 1 is 1.00 bits per heavy atom. The summed E-state index contributed by atoms with van der Waals surface area (Å²) in [5.41, 5.74) is 0. The molecule has 22 heavy (non-hydrogen) atoms. The predicted molar refractivity (Wildman–Crippen MR) is 81.0 cm³/mol. The third-order valence-corrected chi connectivity index (χ3v) is 2.83. The number of rotatable bonds is 10. The van der Waals surface area contributed by atoms with Gasteiger partial charge in [0.25, 0.3) is 0 Å². The van der Waals surface area contributed by atoms with Crippen LogP contribution in [0.15, 0.2) is 12.2 Å². The van der Waals surface area contributed by atoms with Crippen molar-refractivity contribution < 1.29 is 28.6 Å². The molecule has 0 rings (SSSR count). The summed E-state index contributed by atoms with van der Waals surface area (Å²) in [6, 6.07) is 0. The number of carbonyl (C=O) groups excluding carboxylic acids is 3. The van der Waals surface area contributed by atoms with Crippen LogP contribution in [0.1, 0.15) is 47.0 Å². The van der Waals surface area contributed by atoms with E-state index in [1.54, 1.807) is 26.0 Å². The van der Waals surface area contributed by atoms with Crippen LogP contribution in [-0.2, 0) is 28.6 Å². The number of hydrogen-bond acceptors (Lipinski definition) is 6. The Bertz CT molecular complexity index is 370. The molecule has 0 aromatic heterocycles. The summed E-state index contributed by atoms with van der Waals surface area (Å²) in [7, 11) is 0. The molecule has 1 atom stereocenters. The van der Waals surface area contributed by atoms with Gasteiger partial charge in [-0.25, -0.2) is 0 Å². The van der Waals surface area contributed by atoms with Crippen LogP contribution in [0.5, 0.6) is 0 Å². The highest BCUT2D eigenvalue weighted by Crippen LogP contribution is 2.13. The maximum Gasteiger partial charge on any atom is 0.320 e. The molecule has 0 aliphatic heterocycles. The fourth-order valence-electron chi connectivity index (χ4n) is 1.80. The number of allylic oxidation sites excluding steroid dienone is 1. The maximum absolute atomic E-state index is 11.8. The van der Waals surface area contributed by atoms with Gasteiger partial charge in [0.2, 0.25) is 0 Å². The van der Waals surface area contributed by atoms with Crippen LogP contribution in [0.3, 0.4) is 0 Å². The second kappa shape index (κ2) is 11.8. The van der Waals surface area contributed by atoms with Crippen molar-refractivity contribution in [3.8, 4) is 0 Å². The van der Waals surface area contributed by atoms with Gasteiger partial charge in [0.15, 0.2) is 5.92 Å². The van der Waals surface area contributed by atoms with E-state index in [2.05, 4.69) is 0 Å². The molecule has 0 bridgehead atoms. The minimum absolute atomic E-state index is 0.217. The molecule has 0 aromatic rings. The molecular weight excluding hydrogens is 288 g/mol. The molecule has 0 radical (unpaired) electrons. The van der Waals surface area contributed by atoms with E-state index < -0.39 is 17.9 Å². The van der Waals surface area contributed by atoms with Crippen LogP contribution < -0.4 is 0 Å². The van der Waals surface area contributed by atoms with Crippen LogP contribution in [0.4, 0.5) is 0 Å². The zero-order chi connectivity index (χ0) is 17.0. The Balaban J connectivity index is 4.52. The Morgan fingerprint density at radius 3 is 1.95 bits per heavy atom. The zero-order valence-electron chi connectivity index (χ0n) is 13.8. The summed E-state index contributed by atoms with van der Waals surface area (Å²) in [6.07, 6.45) is 4.71.